The lowest BCUT2D eigenvalue weighted by Crippen LogP contribution is -2.44. The van der Waals surface area contributed by atoms with E-state index in [-0.39, 0.29) is 0 Å². The van der Waals surface area contributed by atoms with Gasteiger partial charge in [0.15, 0.2) is 0 Å². The van der Waals surface area contributed by atoms with E-state index in [9.17, 15) is 0 Å². The van der Waals surface area contributed by atoms with Gasteiger partial charge < -0.3 is 15.1 Å². The van der Waals surface area contributed by atoms with Crippen LogP contribution in [-0.2, 0) is 0 Å². The number of rotatable bonds is 6. The van der Waals surface area contributed by atoms with Gasteiger partial charge in [0.05, 0.1) is 0 Å². The molecule has 0 saturated carbocycles. The van der Waals surface area contributed by atoms with Gasteiger partial charge in [0, 0.05) is 32.2 Å². The summed E-state index contributed by atoms with van der Waals surface area (Å²) in [7, 11) is 0. The second-order valence-electron chi connectivity index (χ2n) is 5.54. The second-order valence-corrected chi connectivity index (χ2v) is 5.54. The van der Waals surface area contributed by atoms with E-state index in [2.05, 4.69) is 22.0 Å². The van der Waals surface area contributed by atoms with Crippen molar-refractivity contribution in [3.8, 4) is 0 Å². The van der Waals surface area contributed by atoms with Crippen LogP contribution in [0.3, 0.4) is 0 Å². The molecule has 1 unspecified atom stereocenters. The number of nitrogens with zero attached hydrogens (tertiary/aromatic N) is 2. The van der Waals surface area contributed by atoms with Crippen molar-refractivity contribution >= 4 is 0 Å². The Morgan fingerprint density at radius 3 is 2.41 bits per heavy atom. The monoisotopic (exact) mass is 239 g/mol. The van der Waals surface area contributed by atoms with Gasteiger partial charge in [0.25, 0.3) is 0 Å². The average molecular weight is 239 g/mol. The van der Waals surface area contributed by atoms with Gasteiger partial charge in [-0.15, -0.1) is 0 Å². The van der Waals surface area contributed by atoms with Crippen molar-refractivity contribution in [2.24, 2.45) is 0 Å². The third-order valence-electron chi connectivity index (χ3n) is 4.35. The highest BCUT2D eigenvalue weighted by atomic mass is 15.2. The van der Waals surface area contributed by atoms with Gasteiger partial charge in [0.2, 0.25) is 0 Å². The van der Waals surface area contributed by atoms with Crippen molar-refractivity contribution in [2.75, 3.05) is 45.8 Å². The molecule has 0 aromatic rings. The van der Waals surface area contributed by atoms with Crippen molar-refractivity contribution in [3.05, 3.63) is 0 Å². The highest BCUT2D eigenvalue weighted by Crippen LogP contribution is 2.18. The van der Waals surface area contributed by atoms with E-state index in [1.807, 2.05) is 0 Å². The Balaban J connectivity index is 1.61. The molecule has 2 heterocycles. The van der Waals surface area contributed by atoms with Gasteiger partial charge in [-0.05, 0) is 51.7 Å². The van der Waals surface area contributed by atoms with Crippen molar-refractivity contribution in [1.29, 1.82) is 0 Å². The van der Waals surface area contributed by atoms with Crippen LogP contribution >= 0.6 is 0 Å². The van der Waals surface area contributed by atoms with Gasteiger partial charge in [-0.1, -0.05) is 6.92 Å². The maximum absolute atomic E-state index is 3.42. The van der Waals surface area contributed by atoms with E-state index in [1.54, 1.807) is 0 Å². The largest absolute Gasteiger partial charge is 0.314 e. The van der Waals surface area contributed by atoms with E-state index < -0.39 is 0 Å². The third-order valence-corrected chi connectivity index (χ3v) is 4.35. The Kier molecular flexibility index (Phi) is 5.75. The van der Waals surface area contributed by atoms with Gasteiger partial charge in [0.1, 0.15) is 0 Å². The lowest BCUT2D eigenvalue weighted by atomic mass is 10.1. The van der Waals surface area contributed by atoms with Crippen LogP contribution in [0, 0.1) is 0 Å². The average Bonchev–Trinajstić information content (AvgIpc) is 2.90. The van der Waals surface area contributed by atoms with Crippen LogP contribution in [0.1, 0.15) is 39.0 Å². The van der Waals surface area contributed by atoms with E-state index in [0.717, 1.165) is 6.04 Å². The standard InChI is InChI=1S/C14H29N3/c1-2-14(17-10-3-4-11-17)6-5-9-16-12-7-15-8-13-16/h14-15H,2-13H2,1H3. The van der Waals surface area contributed by atoms with Crippen LogP contribution in [-0.4, -0.2) is 61.7 Å². The lowest BCUT2D eigenvalue weighted by Gasteiger charge is -2.30. The Morgan fingerprint density at radius 1 is 1.06 bits per heavy atom. The molecule has 100 valence electrons. The van der Waals surface area contributed by atoms with Crippen molar-refractivity contribution in [1.82, 2.24) is 15.1 Å². The molecule has 3 heteroatoms. The number of nitrogens with one attached hydrogen (secondary N) is 1. The summed E-state index contributed by atoms with van der Waals surface area (Å²) in [5.74, 6) is 0. The van der Waals surface area contributed by atoms with E-state index in [4.69, 9.17) is 0 Å². The Morgan fingerprint density at radius 2 is 1.76 bits per heavy atom. The molecular weight excluding hydrogens is 210 g/mol. The Labute approximate surface area is 107 Å². The van der Waals surface area contributed by atoms with Crippen molar-refractivity contribution < 1.29 is 0 Å². The van der Waals surface area contributed by atoms with Gasteiger partial charge in [-0.3, -0.25) is 0 Å². The maximum atomic E-state index is 3.42. The van der Waals surface area contributed by atoms with Crippen molar-refractivity contribution in [3.63, 3.8) is 0 Å². The van der Waals surface area contributed by atoms with Crippen molar-refractivity contribution in [2.45, 2.75) is 45.1 Å². The molecule has 0 aromatic heterocycles. The van der Waals surface area contributed by atoms with Gasteiger partial charge in [-0.2, -0.15) is 0 Å². The summed E-state index contributed by atoms with van der Waals surface area (Å²) in [5.41, 5.74) is 0. The number of hydrogen-bond acceptors (Lipinski definition) is 3. The molecule has 2 aliphatic rings. The predicted molar refractivity (Wildman–Crippen MR) is 73.4 cm³/mol. The minimum absolute atomic E-state index is 0.861. The summed E-state index contributed by atoms with van der Waals surface area (Å²) in [6.07, 6.45) is 6.97. The SMILES string of the molecule is CCC(CCCN1CCNCC1)N1CCCC1. The predicted octanol–water partition coefficient (Wildman–Crippen LogP) is 1.55. The fraction of sp³-hybridized carbons (Fsp3) is 1.00. The van der Waals surface area contributed by atoms with Crippen LogP contribution in [0.2, 0.25) is 0 Å². The molecule has 2 rings (SSSR count). The number of piperazine rings is 1. The topological polar surface area (TPSA) is 18.5 Å². The van der Waals surface area contributed by atoms with E-state index >= 15 is 0 Å². The summed E-state index contributed by atoms with van der Waals surface area (Å²) >= 11 is 0. The number of hydrogen-bond donors (Lipinski definition) is 1. The molecule has 2 aliphatic heterocycles. The Hall–Kier alpha value is -0.120. The smallest absolute Gasteiger partial charge is 0.0107 e. The first kappa shape index (κ1) is 13.3. The van der Waals surface area contributed by atoms with Crippen LogP contribution in [0.5, 0.6) is 0 Å². The molecule has 2 fully saturated rings. The molecule has 0 spiro atoms. The van der Waals surface area contributed by atoms with Crippen LogP contribution in [0.15, 0.2) is 0 Å². The number of likely N-dealkylation sites (tertiary alicyclic amines) is 1. The molecule has 0 bridgehead atoms. The summed E-state index contributed by atoms with van der Waals surface area (Å²) < 4.78 is 0. The summed E-state index contributed by atoms with van der Waals surface area (Å²) in [4.78, 5) is 5.34. The molecular formula is C14H29N3. The molecule has 17 heavy (non-hydrogen) atoms. The molecule has 0 aromatic carbocycles. The molecule has 2 saturated heterocycles. The molecule has 0 radical (unpaired) electrons. The molecule has 1 N–H and O–H groups in total. The third kappa shape index (κ3) is 4.23. The Bertz CT molecular complexity index is 196. The molecule has 1 atom stereocenters. The summed E-state index contributed by atoms with van der Waals surface area (Å²) in [6.45, 7) is 11.2. The minimum Gasteiger partial charge on any atom is -0.314 e. The summed E-state index contributed by atoms with van der Waals surface area (Å²) in [5, 5.41) is 3.42. The minimum atomic E-state index is 0.861. The molecule has 3 nitrogen and oxygen atoms in total. The fourth-order valence-corrected chi connectivity index (χ4v) is 3.24. The lowest BCUT2D eigenvalue weighted by molar-refractivity contribution is 0.196. The first-order valence-electron chi connectivity index (χ1n) is 7.57. The first-order chi connectivity index (χ1) is 8.40. The van der Waals surface area contributed by atoms with Crippen LogP contribution < -0.4 is 5.32 Å². The highest BCUT2D eigenvalue weighted by molar-refractivity contribution is 4.76. The maximum Gasteiger partial charge on any atom is 0.0107 e. The summed E-state index contributed by atoms with van der Waals surface area (Å²) in [6, 6.07) is 0.861. The van der Waals surface area contributed by atoms with Crippen LogP contribution in [0.25, 0.3) is 0 Å². The second kappa shape index (κ2) is 7.34. The van der Waals surface area contributed by atoms with Crippen LogP contribution in [0.4, 0.5) is 0 Å². The fourth-order valence-electron chi connectivity index (χ4n) is 3.24. The van der Waals surface area contributed by atoms with Gasteiger partial charge in [-0.25, -0.2) is 0 Å². The van der Waals surface area contributed by atoms with E-state index in [0.29, 0.717) is 0 Å². The van der Waals surface area contributed by atoms with Gasteiger partial charge >= 0.3 is 0 Å². The zero-order valence-corrected chi connectivity index (χ0v) is 11.5. The highest BCUT2D eigenvalue weighted by Gasteiger charge is 2.20. The zero-order valence-electron chi connectivity index (χ0n) is 11.5. The molecule has 0 amide bonds. The first-order valence-corrected chi connectivity index (χ1v) is 7.57. The zero-order chi connectivity index (χ0) is 11.9. The normalized spacial score (nSPS) is 25.2. The van der Waals surface area contributed by atoms with E-state index in [1.165, 1.54) is 77.9 Å². The quantitative estimate of drug-likeness (QED) is 0.758. The molecule has 0 aliphatic carbocycles.